The number of morpholine rings is 1. The molecule has 0 radical (unpaired) electrons. The summed E-state index contributed by atoms with van der Waals surface area (Å²) in [7, 11) is 1.26. The molecule has 1 N–H and O–H groups in total. The van der Waals surface area contributed by atoms with Crippen molar-refractivity contribution < 1.29 is 23.8 Å². The Hall–Kier alpha value is -4.47. The van der Waals surface area contributed by atoms with E-state index in [1.54, 1.807) is 24.3 Å². The molecule has 0 saturated carbocycles. The minimum Gasteiger partial charge on any atom is -0.489 e. The van der Waals surface area contributed by atoms with Crippen LogP contribution < -0.4 is 15.2 Å². The third-order valence-corrected chi connectivity index (χ3v) is 6.46. The number of ether oxygens (including phenoxy) is 3. The maximum atomic E-state index is 14.0. The second kappa shape index (κ2) is 12.4. The molecule has 9 nitrogen and oxygen atoms in total. The van der Waals surface area contributed by atoms with Gasteiger partial charge in [0.15, 0.2) is 5.75 Å². The second-order valence-corrected chi connectivity index (χ2v) is 8.93. The predicted molar refractivity (Wildman–Crippen MR) is 149 cm³/mol. The van der Waals surface area contributed by atoms with Gasteiger partial charge in [-0.15, -0.1) is 0 Å². The fraction of sp³-hybridized carbons (Fsp3) is 0.233. The lowest BCUT2D eigenvalue weighted by atomic mass is 10.0. The molecular weight excluding hydrogens is 496 g/mol. The number of hydrogen-bond donors (Lipinski definition) is 1. The average molecular weight is 527 g/mol. The lowest BCUT2D eigenvalue weighted by Crippen LogP contribution is -2.46. The first kappa shape index (κ1) is 26.1. The van der Waals surface area contributed by atoms with Gasteiger partial charge in [0.1, 0.15) is 12.3 Å². The zero-order chi connectivity index (χ0) is 27.0. The number of hydrazine groups is 1. The molecule has 4 aromatic rings. The van der Waals surface area contributed by atoms with E-state index in [-0.39, 0.29) is 5.56 Å². The number of aromatic nitrogens is 1. The highest BCUT2D eigenvalue weighted by atomic mass is 16.5. The van der Waals surface area contributed by atoms with Crippen LogP contribution in [-0.2, 0) is 9.47 Å². The van der Waals surface area contributed by atoms with Crippen LogP contribution in [0.2, 0.25) is 0 Å². The van der Waals surface area contributed by atoms with Gasteiger partial charge in [-0.2, -0.15) is 5.01 Å². The summed E-state index contributed by atoms with van der Waals surface area (Å²) in [6, 6.07) is 25.8. The molecule has 0 bridgehead atoms. The van der Waals surface area contributed by atoms with Crippen molar-refractivity contribution in [2.75, 3.05) is 51.6 Å². The summed E-state index contributed by atoms with van der Waals surface area (Å²) in [5.74, 6) is -0.176. The van der Waals surface area contributed by atoms with Crippen molar-refractivity contribution in [2.45, 2.75) is 0 Å². The van der Waals surface area contributed by atoms with Gasteiger partial charge in [-0.1, -0.05) is 66.7 Å². The van der Waals surface area contributed by atoms with Gasteiger partial charge in [0, 0.05) is 30.6 Å². The van der Waals surface area contributed by atoms with E-state index in [4.69, 9.17) is 19.2 Å². The van der Waals surface area contributed by atoms with E-state index in [1.165, 1.54) is 7.11 Å². The summed E-state index contributed by atoms with van der Waals surface area (Å²) in [6.07, 6.45) is -0.731. The van der Waals surface area contributed by atoms with Crippen molar-refractivity contribution >= 4 is 28.6 Å². The van der Waals surface area contributed by atoms with Crippen LogP contribution in [0.3, 0.4) is 0 Å². The minimum absolute atomic E-state index is 0.284. The van der Waals surface area contributed by atoms with Crippen molar-refractivity contribution in [3.05, 3.63) is 90.5 Å². The fourth-order valence-electron chi connectivity index (χ4n) is 4.50. The van der Waals surface area contributed by atoms with E-state index in [0.29, 0.717) is 54.4 Å². The van der Waals surface area contributed by atoms with Crippen LogP contribution in [0.5, 0.6) is 5.75 Å². The number of rotatable bonds is 7. The highest BCUT2D eigenvalue weighted by Gasteiger charge is 2.27. The van der Waals surface area contributed by atoms with Gasteiger partial charge in [0.05, 0.1) is 37.1 Å². The average Bonchev–Trinajstić information content (AvgIpc) is 3.00. The number of fused-ring (bicyclic) bond motifs is 1. The zero-order valence-corrected chi connectivity index (χ0v) is 21.7. The SMILES string of the molecule is COC(=O)N(NC(=O)c1c(OCCN2CCOCC2)c(-c2ccccc2)nc2ccccc12)c1ccccc1. The quantitative estimate of drug-likeness (QED) is 0.354. The van der Waals surface area contributed by atoms with Crippen LogP contribution in [0, 0.1) is 0 Å². The Morgan fingerprint density at radius 1 is 0.949 bits per heavy atom. The number of carbonyl (C=O) groups is 2. The molecule has 5 rings (SSSR count). The van der Waals surface area contributed by atoms with Gasteiger partial charge in [0.2, 0.25) is 0 Å². The number of carbonyl (C=O) groups excluding carboxylic acids is 2. The molecule has 0 unspecified atom stereocenters. The van der Waals surface area contributed by atoms with Crippen LogP contribution in [0.25, 0.3) is 22.2 Å². The van der Waals surface area contributed by atoms with Crippen LogP contribution in [-0.4, -0.2) is 68.4 Å². The number of benzene rings is 3. The van der Waals surface area contributed by atoms with Gasteiger partial charge in [0.25, 0.3) is 5.91 Å². The van der Waals surface area contributed by atoms with Crippen LogP contribution in [0.15, 0.2) is 84.9 Å². The lowest BCUT2D eigenvalue weighted by Gasteiger charge is -2.27. The van der Waals surface area contributed by atoms with E-state index in [1.807, 2.05) is 60.7 Å². The normalized spacial score (nSPS) is 13.6. The summed E-state index contributed by atoms with van der Waals surface area (Å²) < 4.78 is 16.8. The van der Waals surface area contributed by atoms with Crippen molar-refractivity contribution in [3.8, 4) is 17.0 Å². The van der Waals surface area contributed by atoms with Gasteiger partial charge >= 0.3 is 6.09 Å². The molecule has 3 aromatic carbocycles. The molecule has 1 aliphatic rings. The van der Waals surface area contributed by atoms with Crippen molar-refractivity contribution in [1.29, 1.82) is 0 Å². The van der Waals surface area contributed by atoms with E-state index < -0.39 is 12.0 Å². The molecule has 39 heavy (non-hydrogen) atoms. The van der Waals surface area contributed by atoms with Gasteiger partial charge in [-0.3, -0.25) is 15.1 Å². The molecule has 0 atom stereocenters. The third kappa shape index (κ3) is 6.00. The van der Waals surface area contributed by atoms with Crippen LogP contribution in [0.4, 0.5) is 10.5 Å². The number of nitrogens with one attached hydrogen (secondary N) is 1. The number of para-hydroxylation sites is 2. The number of amides is 2. The molecule has 200 valence electrons. The topological polar surface area (TPSA) is 93.2 Å². The standard InChI is InChI=1S/C30H30N4O5/c1-37-30(36)34(23-12-6-3-7-13-23)32-29(35)26-24-14-8-9-15-25(24)31-27(22-10-4-2-5-11-22)28(26)39-21-18-33-16-19-38-20-17-33/h2-15H,16-21H2,1H3,(H,32,35). The molecule has 1 aliphatic heterocycles. The van der Waals surface area contributed by atoms with Crippen LogP contribution in [0.1, 0.15) is 10.4 Å². The molecule has 1 aromatic heterocycles. The number of nitrogens with zero attached hydrogens (tertiary/aromatic N) is 3. The first-order valence-corrected chi connectivity index (χ1v) is 12.8. The summed E-state index contributed by atoms with van der Waals surface area (Å²) in [6.45, 7) is 4.03. The number of hydrogen-bond acceptors (Lipinski definition) is 7. The number of pyridine rings is 1. The van der Waals surface area contributed by atoms with E-state index in [0.717, 1.165) is 23.7 Å². The first-order valence-electron chi connectivity index (χ1n) is 12.8. The summed E-state index contributed by atoms with van der Waals surface area (Å²) in [5.41, 5.74) is 5.46. The molecule has 9 heteroatoms. The lowest BCUT2D eigenvalue weighted by molar-refractivity contribution is 0.0322. The van der Waals surface area contributed by atoms with Crippen molar-refractivity contribution in [3.63, 3.8) is 0 Å². The van der Waals surface area contributed by atoms with Crippen molar-refractivity contribution in [2.24, 2.45) is 0 Å². The summed E-state index contributed by atoms with van der Waals surface area (Å²) in [4.78, 5) is 33.9. The van der Waals surface area contributed by atoms with E-state index in [9.17, 15) is 9.59 Å². The second-order valence-electron chi connectivity index (χ2n) is 8.93. The molecule has 2 amide bonds. The Morgan fingerprint density at radius 3 is 2.33 bits per heavy atom. The molecule has 1 saturated heterocycles. The van der Waals surface area contributed by atoms with Crippen LogP contribution >= 0.6 is 0 Å². The molecule has 1 fully saturated rings. The maximum Gasteiger partial charge on any atom is 0.433 e. The van der Waals surface area contributed by atoms with Gasteiger partial charge in [-0.25, -0.2) is 9.78 Å². The molecule has 0 spiro atoms. The Labute approximate surface area is 226 Å². The monoisotopic (exact) mass is 526 g/mol. The highest BCUT2D eigenvalue weighted by Crippen LogP contribution is 2.36. The Balaban J connectivity index is 1.58. The minimum atomic E-state index is -0.731. The smallest absolute Gasteiger partial charge is 0.433 e. The van der Waals surface area contributed by atoms with Gasteiger partial charge in [-0.05, 0) is 18.2 Å². The largest absolute Gasteiger partial charge is 0.489 e. The predicted octanol–water partition coefficient (Wildman–Crippen LogP) is 4.53. The highest BCUT2D eigenvalue weighted by molar-refractivity contribution is 6.12. The zero-order valence-electron chi connectivity index (χ0n) is 21.7. The number of methoxy groups -OCH3 is 1. The van der Waals surface area contributed by atoms with Gasteiger partial charge < -0.3 is 14.2 Å². The summed E-state index contributed by atoms with van der Waals surface area (Å²) >= 11 is 0. The Morgan fingerprint density at radius 2 is 1.62 bits per heavy atom. The Kier molecular flexibility index (Phi) is 8.30. The fourth-order valence-corrected chi connectivity index (χ4v) is 4.50. The summed E-state index contributed by atoms with van der Waals surface area (Å²) in [5, 5.41) is 1.69. The molecule has 2 heterocycles. The van der Waals surface area contributed by atoms with E-state index in [2.05, 4.69) is 10.3 Å². The Bertz CT molecular complexity index is 1430. The first-order chi connectivity index (χ1) is 19.2. The van der Waals surface area contributed by atoms with E-state index >= 15 is 0 Å². The number of anilines is 1. The maximum absolute atomic E-state index is 14.0. The molecule has 0 aliphatic carbocycles. The molecular formula is C30H30N4O5. The van der Waals surface area contributed by atoms with Crippen molar-refractivity contribution in [1.82, 2.24) is 15.3 Å². The third-order valence-electron chi connectivity index (χ3n) is 6.46.